The number of imide groups is 1. The summed E-state index contributed by atoms with van der Waals surface area (Å²) < 4.78 is 33.8. The predicted octanol–water partition coefficient (Wildman–Crippen LogP) is 6.22. The lowest BCUT2D eigenvalue weighted by molar-refractivity contribution is -0.138. The molecule has 2 aromatic carbocycles. The van der Waals surface area contributed by atoms with E-state index in [0.29, 0.717) is 68.4 Å². The van der Waals surface area contributed by atoms with Crippen molar-refractivity contribution >= 4 is 64.0 Å². The van der Waals surface area contributed by atoms with Crippen molar-refractivity contribution in [3.8, 4) is 11.3 Å². The number of halogens is 2. The van der Waals surface area contributed by atoms with Crippen molar-refractivity contribution in [2.45, 2.75) is 95.2 Å². The SMILES string of the molecule is C1CC1.CNc1cc(N2CCc3c(-c4ccc(CN5CCC(N6CCC7(CCN(c8cccc(N(C)C9CCC(=O)NC9=O)c8N(C)C=O)CC7)CC6)C(F)(F)C5)cn4)cccc32)nn2c(C(N)=O)cnc12. The average Bonchev–Trinajstić information content (AvgIpc) is 4.10. The van der Waals surface area contributed by atoms with Gasteiger partial charge in [-0.05, 0) is 98.8 Å². The number of nitrogens with zero attached hydrogens (tertiary/aromatic N) is 10. The van der Waals surface area contributed by atoms with Gasteiger partial charge in [-0.2, -0.15) is 0 Å². The van der Waals surface area contributed by atoms with Crippen LogP contribution in [0.15, 0.2) is 67.0 Å². The summed E-state index contributed by atoms with van der Waals surface area (Å²) in [5, 5.41) is 10.3. The number of piperidine rings is 4. The van der Waals surface area contributed by atoms with Crippen molar-refractivity contribution in [3.05, 3.63) is 83.8 Å². The smallest absolute Gasteiger partial charge is 0.275 e. The van der Waals surface area contributed by atoms with E-state index >= 15 is 8.78 Å². The molecule has 380 valence electrons. The minimum atomic E-state index is -2.87. The van der Waals surface area contributed by atoms with Crippen LogP contribution < -0.4 is 36.0 Å². The predicted molar refractivity (Wildman–Crippen MR) is 274 cm³/mol. The summed E-state index contributed by atoms with van der Waals surface area (Å²) in [5.74, 6) is -3.46. The van der Waals surface area contributed by atoms with E-state index in [4.69, 9.17) is 15.8 Å². The van der Waals surface area contributed by atoms with Crippen molar-refractivity contribution in [2.75, 3.05) is 91.9 Å². The number of alkyl halides is 2. The third-order valence-electron chi connectivity index (χ3n) is 15.8. The van der Waals surface area contributed by atoms with Crippen LogP contribution in [0, 0.1) is 5.41 Å². The highest BCUT2D eigenvalue weighted by atomic mass is 19.3. The number of amides is 4. The number of para-hydroxylation sites is 1. The van der Waals surface area contributed by atoms with Crippen molar-refractivity contribution in [1.29, 1.82) is 0 Å². The molecule has 5 fully saturated rings. The number of nitrogens with two attached hydrogens (primary N) is 1. The molecule has 1 saturated carbocycles. The largest absolute Gasteiger partial charge is 0.385 e. The Bertz CT molecular complexity index is 2840. The lowest BCUT2D eigenvalue weighted by Crippen LogP contribution is -2.60. The van der Waals surface area contributed by atoms with Gasteiger partial charge in [-0.3, -0.25) is 39.3 Å². The number of likely N-dealkylation sites (tertiary alicyclic amines) is 2. The fraction of sp³-hybridized carbons (Fsp3) is 0.491. The van der Waals surface area contributed by atoms with Crippen LogP contribution in [0.1, 0.15) is 85.8 Å². The minimum Gasteiger partial charge on any atom is -0.385 e. The highest BCUT2D eigenvalue weighted by Gasteiger charge is 2.50. The number of carbonyl (C=O) groups excluding carboxylic acids is 4. The molecule has 1 spiro atoms. The molecule has 19 heteroatoms. The van der Waals surface area contributed by atoms with Crippen LogP contribution in [0.3, 0.4) is 0 Å². The van der Waals surface area contributed by atoms with Gasteiger partial charge in [-0.25, -0.2) is 18.3 Å². The molecule has 4 saturated heterocycles. The fourth-order valence-electron chi connectivity index (χ4n) is 11.6. The number of nitrogens with one attached hydrogen (secondary N) is 2. The summed E-state index contributed by atoms with van der Waals surface area (Å²) in [4.78, 5) is 69.9. The number of hydrogen-bond acceptors (Lipinski definition) is 13. The first-order valence-corrected chi connectivity index (χ1v) is 25.4. The molecule has 5 aromatic rings. The number of anilines is 6. The van der Waals surface area contributed by atoms with Crippen LogP contribution in [0.5, 0.6) is 0 Å². The molecule has 6 aliphatic rings. The number of primary amides is 1. The summed E-state index contributed by atoms with van der Waals surface area (Å²) in [7, 11) is 5.33. The number of carbonyl (C=O) groups is 4. The molecule has 0 bridgehead atoms. The van der Waals surface area contributed by atoms with E-state index < -0.39 is 23.9 Å². The Morgan fingerprint density at radius 2 is 1.64 bits per heavy atom. The highest BCUT2D eigenvalue weighted by Crippen LogP contribution is 2.47. The zero-order valence-electron chi connectivity index (χ0n) is 41.5. The Labute approximate surface area is 418 Å². The molecule has 4 amide bonds. The van der Waals surface area contributed by atoms with Gasteiger partial charge in [0.1, 0.15) is 11.7 Å². The number of benzene rings is 2. The van der Waals surface area contributed by atoms with Gasteiger partial charge in [0.15, 0.2) is 11.5 Å². The van der Waals surface area contributed by atoms with E-state index in [1.807, 2.05) is 70.3 Å². The maximum atomic E-state index is 16.2. The van der Waals surface area contributed by atoms with E-state index in [9.17, 15) is 19.2 Å². The van der Waals surface area contributed by atoms with Gasteiger partial charge in [0, 0.05) is 83.8 Å². The van der Waals surface area contributed by atoms with Crippen molar-refractivity contribution < 1.29 is 28.0 Å². The van der Waals surface area contributed by atoms with Gasteiger partial charge >= 0.3 is 0 Å². The summed E-state index contributed by atoms with van der Waals surface area (Å²) in [6, 6.07) is 16.5. The van der Waals surface area contributed by atoms with Gasteiger partial charge in [-0.1, -0.05) is 43.5 Å². The van der Waals surface area contributed by atoms with Crippen LogP contribution in [-0.2, 0) is 27.3 Å². The van der Waals surface area contributed by atoms with Crippen molar-refractivity contribution in [1.82, 2.24) is 34.7 Å². The van der Waals surface area contributed by atoms with Gasteiger partial charge in [0.05, 0.1) is 47.2 Å². The quantitative estimate of drug-likeness (QED) is 0.0948. The summed E-state index contributed by atoms with van der Waals surface area (Å²) in [6.45, 7) is 4.14. The first kappa shape index (κ1) is 48.9. The molecule has 1 aliphatic carbocycles. The molecule has 72 heavy (non-hydrogen) atoms. The topological polar surface area (TPSA) is 181 Å². The number of hydrogen-bond donors (Lipinski definition) is 3. The Morgan fingerprint density at radius 3 is 2.31 bits per heavy atom. The molecule has 3 aromatic heterocycles. The number of likely N-dealkylation sites (N-methyl/N-ethyl adjacent to an activating group) is 1. The van der Waals surface area contributed by atoms with Gasteiger partial charge in [0.2, 0.25) is 18.2 Å². The molecule has 2 atom stereocenters. The molecule has 5 aliphatic heterocycles. The third-order valence-corrected chi connectivity index (χ3v) is 15.8. The Balaban J connectivity index is 0.00000192. The Kier molecular flexibility index (Phi) is 13.6. The lowest BCUT2D eigenvalue weighted by atomic mass is 9.70. The number of pyridine rings is 1. The summed E-state index contributed by atoms with van der Waals surface area (Å²) >= 11 is 0. The molecule has 17 nitrogen and oxygen atoms in total. The average molecular weight is 986 g/mol. The van der Waals surface area contributed by atoms with Crippen LogP contribution >= 0.6 is 0 Å². The minimum absolute atomic E-state index is 0.0697. The van der Waals surface area contributed by atoms with Crippen LogP contribution in [0.2, 0.25) is 0 Å². The summed E-state index contributed by atoms with van der Waals surface area (Å²) in [6.07, 6.45) is 13.9. The number of fused-ring (bicyclic) bond motifs is 2. The molecule has 2 unspecified atom stereocenters. The molecular weight excluding hydrogens is 921 g/mol. The number of imidazole rings is 1. The van der Waals surface area contributed by atoms with Crippen LogP contribution in [0.4, 0.5) is 43.0 Å². The second-order valence-corrected chi connectivity index (χ2v) is 20.5. The zero-order valence-corrected chi connectivity index (χ0v) is 41.5. The van der Waals surface area contributed by atoms with E-state index in [-0.39, 0.29) is 35.9 Å². The van der Waals surface area contributed by atoms with Gasteiger partial charge < -0.3 is 30.7 Å². The summed E-state index contributed by atoms with van der Waals surface area (Å²) in [5.41, 5.74) is 14.3. The standard InChI is InChI=1S/C50H59F2N13O4.C3H6/c1-54-36-26-43(58-65-41(46(53)68)28-56-47(36)65)64-21-14-34-33(6-4-7-37(34)64)35-11-10-32(27-55-35)29-61-20-15-42(50(51,52)30-61)63-24-18-49(19-25-63)16-22-62(23-17-49)39-9-5-8-38(45(39)59(2)31-66)60(3)40-12-13-44(67)57-48(40)69;1-2-3-1/h4-11,26-28,31,40,42,54H,12-25,29-30H2,1-3H3,(H2,53,68)(H,57,67,69);1-3H2. The molecular formula is C53H65F2N13O4. The highest BCUT2D eigenvalue weighted by molar-refractivity contribution is 6.03. The zero-order chi connectivity index (χ0) is 50.3. The van der Waals surface area contributed by atoms with Gasteiger partial charge in [-0.15, -0.1) is 5.10 Å². The van der Waals surface area contributed by atoms with Gasteiger partial charge in [0.25, 0.3) is 11.8 Å². The lowest BCUT2D eigenvalue weighted by Gasteiger charge is -2.51. The van der Waals surface area contributed by atoms with Crippen LogP contribution in [0.25, 0.3) is 16.9 Å². The first-order valence-electron chi connectivity index (χ1n) is 25.4. The van der Waals surface area contributed by atoms with E-state index in [2.05, 4.69) is 31.5 Å². The van der Waals surface area contributed by atoms with Crippen molar-refractivity contribution in [2.24, 2.45) is 11.1 Å². The molecule has 0 radical (unpaired) electrons. The number of aromatic nitrogens is 4. The van der Waals surface area contributed by atoms with E-state index in [0.717, 1.165) is 91.1 Å². The van der Waals surface area contributed by atoms with Crippen LogP contribution in [-0.4, -0.2) is 138 Å². The molecule has 4 N–H and O–H groups in total. The second kappa shape index (κ2) is 20.1. The Hall–Kier alpha value is -6.73. The second-order valence-electron chi connectivity index (χ2n) is 20.5. The fourth-order valence-corrected chi connectivity index (χ4v) is 11.6. The monoisotopic (exact) mass is 986 g/mol. The third kappa shape index (κ3) is 9.67. The maximum absolute atomic E-state index is 16.2. The van der Waals surface area contributed by atoms with E-state index in [1.165, 1.54) is 30.0 Å². The normalized spacial score (nSPS) is 21.7. The maximum Gasteiger partial charge on any atom is 0.275 e. The molecule has 8 heterocycles. The van der Waals surface area contributed by atoms with Crippen molar-refractivity contribution in [3.63, 3.8) is 0 Å². The number of rotatable bonds is 12. The van der Waals surface area contributed by atoms with E-state index in [1.54, 1.807) is 25.2 Å². The molecule has 11 rings (SSSR count). The Morgan fingerprint density at radius 1 is 0.903 bits per heavy atom. The first-order chi connectivity index (χ1) is 34.8.